The summed E-state index contributed by atoms with van der Waals surface area (Å²) in [5.74, 6) is 0.771. The molecule has 0 aliphatic rings. The van der Waals surface area contributed by atoms with Crippen molar-refractivity contribution in [3.8, 4) is 0 Å². The van der Waals surface area contributed by atoms with E-state index in [1.807, 2.05) is 27.7 Å². The third-order valence-electron chi connectivity index (χ3n) is 2.96. The number of likely N-dealkylation sites (N-methyl/N-ethyl adjacent to an activating group) is 1. The highest BCUT2D eigenvalue weighted by molar-refractivity contribution is 14.0. The second-order valence-corrected chi connectivity index (χ2v) is 8.50. The van der Waals surface area contributed by atoms with Crippen molar-refractivity contribution in [3.05, 3.63) is 0 Å². The highest BCUT2D eigenvalue weighted by Crippen LogP contribution is 2.20. The van der Waals surface area contributed by atoms with Crippen molar-refractivity contribution in [2.24, 2.45) is 4.99 Å². The lowest BCUT2D eigenvalue weighted by atomic mass is 10.2. The van der Waals surface area contributed by atoms with Crippen LogP contribution in [0.3, 0.4) is 0 Å². The summed E-state index contributed by atoms with van der Waals surface area (Å²) >= 11 is 1.79. The van der Waals surface area contributed by atoms with Crippen LogP contribution in [0, 0.1) is 0 Å². The maximum Gasteiger partial charge on any atom is 0.410 e. The van der Waals surface area contributed by atoms with Gasteiger partial charge < -0.3 is 20.3 Å². The molecule has 0 aromatic heterocycles. The quantitative estimate of drug-likeness (QED) is 0.337. The SMILES string of the molecule is CCNC(=NCC(C)(C)SC)NCCN(C)C(=O)OC(C)(C)C.I. The molecule has 0 aromatic carbocycles. The van der Waals surface area contributed by atoms with Gasteiger partial charge in [0.25, 0.3) is 0 Å². The minimum atomic E-state index is -0.474. The van der Waals surface area contributed by atoms with E-state index in [9.17, 15) is 4.79 Å². The van der Waals surface area contributed by atoms with Gasteiger partial charge >= 0.3 is 6.09 Å². The Bertz CT molecular complexity index is 398. The molecule has 0 unspecified atom stereocenters. The highest BCUT2D eigenvalue weighted by atomic mass is 127. The molecule has 0 saturated carbocycles. The van der Waals surface area contributed by atoms with E-state index in [0.29, 0.717) is 13.1 Å². The van der Waals surface area contributed by atoms with E-state index in [-0.39, 0.29) is 34.8 Å². The highest BCUT2D eigenvalue weighted by Gasteiger charge is 2.19. The summed E-state index contributed by atoms with van der Waals surface area (Å²) in [5.41, 5.74) is -0.474. The lowest BCUT2D eigenvalue weighted by Crippen LogP contribution is -2.43. The van der Waals surface area contributed by atoms with Gasteiger partial charge in [0.15, 0.2) is 5.96 Å². The van der Waals surface area contributed by atoms with E-state index < -0.39 is 5.60 Å². The number of carbonyl (C=O) groups is 1. The Morgan fingerprint density at radius 2 is 1.79 bits per heavy atom. The minimum absolute atomic E-state index is 0. The summed E-state index contributed by atoms with van der Waals surface area (Å²) in [6, 6.07) is 0. The molecule has 0 aliphatic carbocycles. The average molecular weight is 474 g/mol. The first kappa shape index (κ1) is 25.9. The molecule has 0 saturated heterocycles. The predicted octanol–water partition coefficient (Wildman–Crippen LogP) is 3.17. The molecule has 0 spiro atoms. The fraction of sp³-hybridized carbons (Fsp3) is 0.875. The number of hydrogen-bond acceptors (Lipinski definition) is 4. The van der Waals surface area contributed by atoms with Crippen LogP contribution in [-0.2, 0) is 4.74 Å². The van der Waals surface area contributed by atoms with E-state index in [0.717, 1.165) is 19.0 Å². The van der Waals surface area contributed by atoms with Crippen LogP contribution >= 0.6 is 35.7 Å². The summed E-state index contributed by atoms with van der Waals surface area (Å²) in [5, 5.41) is 6.46. The van der Waals surface area contributed by atoms with Gasteiger partial charge in [-0.1, -0.05) is 0 Å². The van der Waals surface area contributed by atoms with Crippen LogP contribution in [0.5, 0.6) is 0 Å². The molecule has 24 heavy (non-hydrogen) atoms. The Kier molecular flexibility index (Phi) is 13.0. The van der Waals surface area contributed by atoms with Crippen molar-refractivity contribution in [2.45, 2.75) is 51.9 Å². The number of rotatable bonds is 7. The third-order valence-corrected chi connectivity index (χ3v) is 4.19. The van der Waals surface area contributed by atoms with Gasteiger partial charge in [0.05, 0.1) is 6.54 Å². The molecule has 0 aliphatic heterocycles. The summed E-state index contributed by atoms with van der Waals surface area (Å²) < 4.78 is 5.43. The van der Waals surface area contributed by atoms with Gasteiger partial charge in [0.2, 0.25) is 0 Å². The van der Waals surface area contributed by atoms with Gasteiger partial charge in [-0.15, -0.1) is 24.0 Å². The largest absolute Gasteiger partial charge is 0.444 e. The van der Waals surface area contributed by atoms with Crippen molar-refractivity contribution >= 4 is 47.8 Å². The van der Waals surface area contributed by atoms with Gasteiger partial charge in [-0.3, -0.25) is 4.99 Å². The van der Waals surface area contributed by atoms with E-state index >= 15 is 0 Å². The number of guanidine groups is 1. The third kappa shape index (κ3) is 13.0. The first-order chi connectivity index (χ1) is 10.5. The van der Waals surface area contributed by atoms with Gasteiger partial charge in [0.1, 0.15) is 5.60 Å². The maximum atomic E-state index is 11.9. The molecular weight excluding hydrogens is 439 g/mol. The number of ether oxygens (including phenoxy) is 1. The molecule has 144 valence electrons. The van der Waals surface area contributed by atoms with Crippen molar-refractivity contribution in [3.63, 3.8) is 0 Å². The molecule has 6 nitrogen and oxygen atoms in total. The second kappa shape index (κ2) is 12.1. The fourth-order valence-electron chi connectivity index (χ4n) is 1.45. The van der Waals surface area contributed by atoms with Crippen LogP contribution < -0.4 is 10.6 Å². The second-order valence-electron chi connectivity index (χ2n) is 6.99. The zero-order valence-corrected chi connectivity index (χ0v) is 19.5. The molecule has 0 bridgehead atoms. The number of carbonyl (C=O) groups excluding carboxylic acids is 1. The zero-order valence-electron chi connectivity index (χ0n) is 16.4. The van der Waals surface area contributed by atoms with Gasteiger partial charge in [-0.05, 0) is 47.8 Å². The Labute approximate surface area is 169 Å². The molecule has 0 heterocycles. The number of hydrogen-bond donors (Lipinski definition) is 2. The Hall–Kier alpha value is -0.380. The summed E-state index contributed by atoms with van der Waals surface area (Å²) in [6.45, 7) is 14.6. The first-order valence-corrected chi connectivity index (χ1v) is 9.24. The lowest BCUT2D eigenvalue weighted by molar-refractivity contribution is 0.0302. The molecule has 0 atom stereocenters. The molecule has 1 amide bonds. The number of halogens is 1. The summed E-state index contributed by atoms with van der Waals surface area (Å²) in [6.07, 6.45) is 1.77. The zero-order chi connectivity index (χ0) is 18.1. The number of thioether (sulfide) groups is 1. The van der Waals surface area contributed by atoms with Gasteiger partial charge in [-0.25, -0.2) is 4.79 Å². The van der Waals surface area contributed by atoms with Crippen molar-refractivity contribution in [1.82, 2.24) is 15.5 Å². The van der Waals surface area contributed by atoms with Crippen molar-refractivity contribution in [1.29, 1.82) is 0 Å². The summed E-state index contributed by atoms with van der Waals surface area (Å²) in [4.78, 5) is 18.0. The minimum Gasteiger partial charge on any atom is -0.444 e. The monoisotopic (exact) mass is 474 g/mol. The number of aliphatic imine (C=N–C) groups is 1. The Balaban J connectivity index is 0. The van der Waals surface area contributed by atoms with Crippen molar-refractivity contribution < 1.29 is 9.53 Å². The topological polar surface area (TPSA) is 66.0 Å². The molecule has 8 heteroatoms. The molecule has 0 radical (unpaired) electrons. The van der Waals surface area contributed by atoms with Crippen LogP contribution in [0.25, 0.3) is 0 Å². The number of nitrogens with zero attached hydrogens (tertiary/aromatic N) is 2. The molecule has 2 N–H and O–H groups in total. The molecular formula is C16H35IN4O2S. The van der Waals surface area contributed by atoms with Crippen LogP contribution in [0.2, 0.25) is 0 Å². The van der Waals surface area contributed by atoms with E-state index in [2.05, 4.69) is 35.7 Å². The maximum absolute atomic E-state index is 11.9. The smallest absolute Gasteiger partial charge is 0.410 e. The van der Waals surface area contributed by atoms with Gasteiger partial charge in [-0.2, -0.15) is 11.8 Å². The van der Waals surface area contributed by atoms with Crippen LogP contribution in [0.15, 0.2) is 4.99 Å². The van der Waals surface area contributed by atoms with Crippen LogP contribution in [0.1, 0.15) is 41.5 Å². The predicted molar refractivity (Wildman–Crippen MR) is 116 cm³/mol. The molecule has 0 rings (SSSR count). The molecule has 0 aromatic rings. The average Bonchev–Trinajstić information content (AvgIpc) is 2.42. The van der Waals surface area contributed by atoms with Gasteiger partial charge in [0, 0.05) is 31.4 Å². The standard InChI is InChI=1S/C16H34N4O2S.HI/c1-9-17-13(19-12-16(5,6)23-8)18-10-11-20(7)14(21)22-15(2,3)4;/h9-12H2,1-8H3,(H2,17,18,19);1H. The lowest BCUT2D eigenvalue weighted by Gasteiger charge is -2.25. The number of amides is 1. The van der Waals surface area contributed by atoms with E-state index in [1.54, 1.807) is 23.7 Å². The normalized spacial score (nSPS) is 12.2. The molecule has 0 fully saturated rings. The first-order valence-electron chi connectivity index (χ1n) is 8.02. The summed E-state index contributed by atoms with van der Waals surface area (Å²) in [7, 11) is 1.73. The van der Waals surface area contributed by atoms with Crippen LogP contribution in [0.4, 0.5) is 4.79 Å². The van der Waals surface area contributed by atoms with E-state index in [4.69, 9.17) is 4.74 Å². The number of nitrogens with one attached hydrogen (secondary N) is 2. The van der Waals surface area contributed by atoms with Crippen LogP contribution in [-0.4, -0.2) is 66.8 Å². The van der Waals surface area contributed by atoms with Crippen molar-refractivity contribution in [2.75, 3.05) is 39.5 Å². The van der Waals surface area contributed by atoms with E-state index in [1.165, 1.54) is 0 Å². The Morgan fingerprint density at radius 1 is 1.21 bits per heavy atom. The fourth-order valence-corrected chi connectivity index (χ4v) is 1.64. The Morgan fingerprint density at radius 3 is 2.25 bits per heavy atom.